The standard InChI is InChI=1S/C34H54N2O5S/c1-26-20-21-28(23-30(26)27(2)41-3)25-35-32(38)19-15-11-10-14-18-29(37)17-13-9-7-5-6-8-12-16-22-36-33(39)24-31(42-4)34(36)40/h20-21,23,27,31H,5-19,22,24-25H2,1-4H3,(H,35,38). The maximum atomic E-state index is 12.2. The van der Waals surface area contributed by atoms with E-state index >= 15 is 0 Å². The molecule has 8 heteroatoms. The van der Waals surface area contributed by atoms with Crippen LogP contribution in [-0.2, 0) is 30.5 Å². The summed E-state index contributed by atoms with van der Waals surface area (Å²) in [7, 11) is 1.71. The van der Waals surface area contributed by atoms with Gasteiger partial charge in [0, 0.05) is 45.9 Å². The maximum absolute atomic E-state index is 12.2. The Kier molecular flexibility index (Phi) is 17.7. The first-order chi connectivity index (χ1) is 20.3. The highest BCUT2D eigenvalue weighted by Gasteiger charge is 2.37. The Morgan fingerprint density at radius 1 is 0.929 bits per heavy atom. The highest BCUT2D eigenvalue weighted by molar-refractivity contribution is 8.00. The molecule has 236 valence electrons. The van der Waals surface area contributed by atoms with Crippen molar-refractivity contribution in [2.75, 3.05) is 19.9 Å². The van der Waals surface area contributed by atoms with Gasteiger partial charge in [0.25, 0.3) is 0 Å². The van der Waals surface area contributed by atoms with Gasteiger partial charge in [-0.1, -0.05) is 69.6 Å². The van der Waals surface area contributed by atoms with Crippen LogP contribution in [-0.4, -0.2) is 53.6 Å². The van der Waals surface area contributed by atoms with Crippen molar-refractivity contribution in [2.24, 2.45) is 0 Å². The van der Waals surface area contributed by atoms with E-state index in [1.165, 1.54) is 35.1 Å². The third-order valence-corrected chi connectivity index (χ3v) is 9.25. The molecule has 7 nitrogen and oxygen atoms in total. The number of ether oxygens (including phenoxy) is 1. The number of carbonyl (C=O) groups excluding carboxylic acids is 4. The third kappa shape index (κ3) is 13.4. The summed E-state index contributed by atoms with van der Waals surface area (Å²) in [6.45, 7) is 5.19. The number of hydrogen-bond donors (Lipinski definition) is 1. The van der Waals surface area contributed by atoms with E-state index < -0.39 is 0 Å². The number of ketones is 1. The monoisotopic (exact) mass is 602 g/mol. The molecule has 0 spiro atoms. The highest BCUT2D eigenvalue weighted by atomic mass is 32.2. The molecule has 3 amide bonds. The molecule has 0 radical (unpaired) electrons. The average molecular weight is 603 g/mol. The van der Waals surface area contributed by atoms with E-state index in [2.05, 4.69) is 24.4 Å². The van der Waals surface area contributed by atoms with E-state index in [9.17, 15) is 19.2 Å². The molecule has 1 aliphatic rings. The molecule has 1 fully saturated rings. The predicted molar refractivity (Wildman–Crippen MR) is 171 cm³/mol. The zero-order chi connectivity index (χ0) is 30.7. The van der Waals surface area contributed by atoms with Gasteiger partial charge in [0.05, 0.1) is 11.4 Å². The minimum atomic E-state index is -0.176. The number of thioether (sulfide) groups is 1. The van der Waals surface area contributed by atoms with E-state index in [1.807, 2.05) is 19.2 Å². The van der Waals surface area contributed by atoms with Gasteiger partial charge in [-0.25, -0.2) is 0 Å². The molecule has 1 aliphatic heterocycles. The molecule has 2 rings (SSSR count). The number of Topliss-reactive ketones (excluding diaryl/α,β-unsaturated/α-hetero) is 1. The maximum Gasteiger partial charge on any atom is 0.242 e. The summed E-state index contributed by atoms with van der Waals surface area (Å²) in [4.78, 5) is 49.9. The lowest BCUT2D eigenvalue weighted by Gasteiger charge is -2.15. The zero-order valence-electron chi connectivity index (χ0n) is 26.5. The van der Waals surface area contributed by atoms with Crippen LogP contribution in [0.3, 0.4) is 0 Å². The van der Waals surface area contributed by atoms with Gasteiger partial charge in [0.15, 0.2) is 0 Å². The van der Waals surface area contributed by atoms with Crippen LogP contribution >= 0.6 is 11.8 Å². The zero-order valence-corrected chi connectivity index (χ0v) is 27.3. The Bertz CT molecular complexity index is 998. The van der Waals surface area contributed by atoms with Crippen LogP contribution in [0.5, 0.6) is 0 Å². The summed E-state index contributed by atoms with van der Waals surface area (Å²) in [5, 5.41) is 2.84. The number of hydrogen-bond acceptors (Lipinski definition) is 6. The summed E-state index contributed by atoms with van der Waals surface area (Å²) in [5.74, 6) is 0.411. The first-order valence-corrected chi connectivity index (χ1v) is 17.3. The van der Waals surface area contributed by atoms with Crippen molar-refractivity contribution in [2.45, 2.75) is 134 Å². The second-order valence-electron chi connectivity index (χ2n) is 11.7. The molecule has 1 N–H and O–H groups in total. The van der Waals surface area contributed by atoms with Gasteiger partial charge >= 0.3 is 0 Å². The fourth-order valence-electron chi connectivity index (χ4n) is 5.46. The van der Waals surface area contributed by atoms with Crippen molar-refractivity contribution in [1.82, 2.24) is 10.2 Å². The SMILES string of the molecule is COC(C)c1cc(CNC(=O)CCCCCCC(=O)CCCCCCCCCCN2C(=O)CC(SC)C2=O)ccc1C. The molecule has 1 aromatic carbocycles. The number of rotatable bonds is 23. The number of methoxy groups -OCH3 is 1. The molecule has 0 saturated carbocycles. The van der Waals surface area contributed by atoms with Crippen molar-refractivity contribution in [3.05, 3.63) is 34.9 Å². The Morgan fingerprint density at radius 3 is 2.07 bits per heavy atom. The number of nitrogens with one attached hydrogen (secondary N) is 1. The first kappa shape index (κ1) is 36.0. The smallest absolute Gasteiger partial charge is 0.242 e. The van der Waals surface area contributed by atoms with Gasteiger partial charge in [-0.15, -0.1) is 0 Å². The quantitative estimate of drug-likeness (QED) is 0.105. The second-order valence-corrected chi connectivity index (χ2v) is 12.7. The fraction of sp³-hybridized carbons (Fsp3) is 0.706. The molecule has 1 aromatic rings. The fourth-order valence-corrected chi connectivity index (χ4v) is 6.10. The van der Waals surface area contributed by atoms with Crippen LogP contribution in [0.4, 0.5) is 0 Å². The molecule has 0 bridgehead atoms. The van der Waals surface area contributed by atoms with Gasteiger partial charge in [-0.3, -0.25) is 24.1 Å². The highest BCUT2D eigenvalue weighted by Crippen LogP contribution is 2.24. The normalized spacial score (nSPS) is 15.8. The molecule has 0 aliphatic carbocycles. The van der Waals surface area contributed by atoms with Crippen LogP contribution in [0.2, 0.25) is 0 Å². The van der Waals surface area contributed by atoms with Crippen LogP contribution in [0.15, 0.2) is 18.2 Å². The molecular formula is C34H54N2O5S. The molecule has 1 saturated heterocycles. The lowest BCUT2D eigenvalue weighted by molar-refractivity contribution is -0.138. The molecule has 1 heterocycles. The van der Waals surface area contributed by atoms with Gasteiger partial charge in [-0.2, -0.15) is 11.8 Å². The molecule has 42 heavy (non-hydrogen) atoms. The lowest BCUT2D eigenvalue weighted by atomic mass is 10.0. The Morgan fingerprint density at radius 2 is 1.50 bits per heavy atom. The topological polar surface area (TPSA) is 92.8 Å². The number of carbonyl (C=O) groups is 4. The summed E-state index contributed by atoms with van der Waals surface area (Å²) in [6, 6.07) is 6.23. The van der Waals surface area contributed by atoms with Gasteiger partial charge in [0.2, 0.25) is 17.7 Å². The first-order valence-electron chi connectivity index (χ1n) is 16.0. The largest absolute Gasteiger partial charge is 0.377 e. The van der Waals surface area contributed by atoms with E-state index in [0.717, 1.165) is 75.3 Å². The van der Waals surface area contributed by atoms with Crippen molar-refractivity contribution in [3.8, 4) is 0 Å². The van der Waals surface area contributed by atoms with Gasteiger partial charge in [-0.05, 0) is 62.5 Å². The molecule has 0 aromatic heterocycles. The van der Waals surface area contributed by atoms with E-state index in [1.54, 1.807) is 7.11 Å². The number of unbranched alkanes of at least 4 members (excludes halogenated alkanes) is 10. The minimum absolute atomic E-state index is 0.0104. The third-order valence-electron chi connectivity index (χ3n) is 8.31. The number of imide groups is 1. The van der Waals surface area contributed by atoms with Crippen molar-refractivity contribution < 1.29 is 23.9 Å². The Labute approximate surface area is 258 Å². The van der Waals surface area contributed by atoms with E-state index in [-0.39, 0.29) is 29.1 Å². The molecule has 2 atom stereocenters. The Balaban J connectivity index is 1.38. The van der Waals surface area contributed by atoms with Gasteiger partial charge in [0.1, 0.15) is 5.78 Å². The van der Waals surface area contributed by atoms with E-state index in [0.29, 0.717) is 44.6 Å². The van der Waals surface area contributed by atoms with Crippen molar-refractivity contribution in [3.63, 3.8) is 0 Å². The lowest BCUT2D eigenvalue weighted by Crippen LogP contribution is -2.32. The molecular weight excluding hydrogens is 548 g/mol. The second kappa shape index (κ2) is 20.7. The van der Waals surface area contributed by atoms with Crippen LogP contribution < -0.4 is 5.32 Å². The number of aryl methyl sites for hydroxylation is 1. The van der Waals surface area contributed by atoms with Crippen LogP contribution in [0.25, 0.3) is 0 Å². The van der Waals surface area contributed by atoms with Crippen molar-refractivity contribution >= 4 is 35.3 Å². The van der Waals surface area contributed by atoms with Gasteiger partial charge < -0.3 is 10.1 Å². The Hall–Kier alpha value is -2.19. The summed E-state index contributed by atoms with van der Waals surface area (Å²) in [5.41, 5.74) is 3.42. The number of benzene rings is 1. The predicted octanol–water partition coefficient (Wildman–Crippen LogP) is 7.23. The molecule has 2 unspecified atom stereocenters. The summed E-state index contributed by atoms with van der Waals surface area (Å²) < 4.78 is 5.44. The average Bonchev–Trinajstić information content (AvgIpc) is 3.26. The van der Waals surface area contributed by atoms with Crippen LogP contribution in [0, 0.1) is 6.92 Å². The number of likely N-dealkylation sites (tertiary alicyclic amines) is 1. The minimum Gasteiger partial charge on any atom is -0.377 e. The van der Waals surface area contributed by atoms with Crippen molar-refractivity contribution in [1.29, 1.82) is 0 Å². The van der Waals surface area contributed by atoms with E-state index in [4.69, 9.17) is 4.74 Å². The number of nitrogens with zero attached hydrogens (tertiary/aromatic N) is 1. The van der Waals surface area contributed by atoms with Crippen LogP contribution in [0.1, 0.15) is 132 Å². The summed E-state index contributed by atoms with van der Waals surface area (Å²) in [6.07, 6.45) is 16.5. The number of amides is 3. The summed E-state index contributed by atoms with van der Waals surface area (Å²) >= 11 is 1.47.